The molecule has 7 nitrogen and oxygen atoms in total. The highest BCUT2D eigenvalue weighted by Gasteiger charge is 2.51. The van der Waals surface area contributed by atoms with E-state index in [-0.39, 0.29) is 39.2 Å². The van der Waals surface area contributed by atoms with Gasteiger partial charge in [0.2, 0.25) is 5.91 Å². The minimum absolute atomic E-state index is 0.0239. The van der Waals surface area contributed by atoms with Crippen molar-refractivity contribution in [2.45, 2.75) is 148 Å². The van der Waals surface area contributed by atoms with Crippen LogP contribution in [-0.4, -0.2) is 44.0 Å². The van der Waals surface area contributed by atoms with Crippen LogP contribution in [0.4, 0.5) is 5.82 Å². The zero-order valence-corrected chi connectivity index (χ0v) is 33.4. The lowest BCUT2D eigenvalue weighted by atomic mass is 9.51. The normalized spacial score (nSPS) is 25.8. The quantitative estimate of drug-likeness (QED) is 0.207. The smallest absolute Gasteiger partial charge is 0.231 e. The first kappa shape index (κ1) is 36.8. The Morgan fingerprint density at radius 1 is 0.960 bits per heavy atom. The van der Waals surface area contributed by atoms with E-state index in [4.69, 9.17) is 23.5 Å². The summed E-state index contributed by atoms with van der Waals surface area (Å²) in [4.78, 5) is 26.5. The van der Waals surface area contributed by atoms with Crippen LogP contribution in [0, 0.1) is 18.3 Å². The third kappa shape index (κ3) is 7.34. The summed E-state index contributed by atoms with van der Waals surface area (Å²) in [5.41, 5.74) is 4.48. The van der Waals surface area contributed by atoms with E-state index in [1.807, 2.05) is 12.3 Å². The van der Waals surface area contributed by atoms with Crippen LogP contribution in [0.5, 0.6) is 5.75 Å². The fourth-order valence-corrected chi connectivity index (χ4v) is 9.89. The highest BCUT2D eigenvalue weighted by molar-refractivity contribution is 6.74. The second-order valence-electron chi connectivity index (χ2n) is 18.4. The van der Waals surface area contributed by atoms with E-state index in [9.17, 15) is 4.79 Å². The summed E-state index contributed by atoms with van der Waals surface area (Å²) in [6, 6.07) is 10.8. The van der Waals surface area contributed by atoms with E-state index in [2.05, 4.69) is 90.7 Å². The van der Waals surface area contributed by atoms with Crippen LogP contribution in [0.3, 0.4) is 0 Å². The summed E-state index contributed by atoms with van der Waals surface area (Å²) in [5, 5.41) is 0.174. The monoisotopic (exact) mass is 699 g/mol. The summed E-state index contributed by atoms with van der Waals surface area (Å²) < 4.78 is 18.3. The number of benzene rings is 1. The molecule has 0 spiro atoms. The Balaban J connectivity index is 1.24. The van der Waals surface area contributed by atoms with Crippen molar-refractivity contribution in [1.82, 2.24) is 9.97 Å². The maximum absolute atomic E-state index is 14.8. The minimum atomic E-state index is -1.87. The molecule has 272 valence electrons. The highest BCUT2D eigenvalue weighted by atomic mass is 28.4. The lowest BCUT2D eigenvalue weighted by molar-refractivity contribution is -0.124. The molecule has 7 rings (SSSR count). The fourth-order valence-electron chi connectivity index (χ4n) is 8.47. The van der Waals surface area contributed by atoms with Crippen LogP contribution in [0.15, 0.2) is 47.2 Å². The molecule has 2 aromatic heterocycles. The predicted molar refractivity (Wildman–Crippen MR) is 204 cm³/mol. The number of hydrogen-bond acceptors (Lipinski definition) is 6. The van der Waals surface area contributed by atoms with Gasteiger partial charge in [0, 0.05) is 35.7 Å². The first-order valence-electron chi connectivity index (χ1n) is 19.0. The lowest BCUT2D eigenvalue weighted by Crippen LogP contribution is -2.52. The third-order valence-corrected chi connectivity index (χ3v) is 17.5. The molecule has 0 N–H and O–H groups in total. The van der Waals surface area contributed by atoms with Crippen molar-refractivity contribution in [3.05, 3.63) is 59.8 Å². The van der Waals surface area contributed by atoms with E-state index in [0.717, 1.165) is 87.0 Å². The summed E-state index contributed by atoms with van der Waals surface area (Å²) in [5.74, 6) is 2.59. The van der Waals surface area contributed by atoms with E-state index < -0.39 is 8.32 Å². The van der Waals surface area contributed by atoms with Crippen LogP contribution >= 0.6 is 0 Å². The average molecular weight is 700 g/mol. The summed E-state index contributed by atoms with van der Waals surface area (Å²) >= 11 is 0. The van der Waals surface area contributed by atoms with Gasteiger partial charge in [0.05, 0.1) is 7.11 Å². The fraction of sp³-hybridized carbons (Fsp3) is 0.643. The standard InChI is InChI=1S/C42H61N3O4Si/c1-29-25-32(13-16-35(29)47-8)42-21-18-41(19-22-42,20-23-42)28-45(36-26-31(17-24-43-36)34-27-48-38(44-34)39(2,3)4)37(46)30-11-14-33(15-12-30)49-50(9,10)40(5,6)7/h13,16-17,24-27,30,33H,11-12,14-15,18-23,28H2,1-10H3. The van der Waals surface area contributed by atoms with Gasteiger partial charge >= 0.3 is 0 Å². The number of methoxy groups -OCH3 is 1. The van der Waals surface area contributed by atoms with Crippen molar-refractivity contribution in [2.75, 3.05) is 18.6 Å². The number of ether oxygens (including phenoxy) is 1. The number of aryl methyl sites for hydroxylation is 1. The number of nitrogens with zero attached hydrogens (tertiary/aromatic N) is 3. The van der Waals surface area contributed by atoms with Gasteiger partial charge in [0.1, 0.15) is 23.5 Å². The molecule has 4 saturated carbocycles. The molecule has 0 saturated heterocycles. The molecule has 1 aromatic carbocycles. The summed E-state index contributed by atoms with van der Waals surface area (Å²) in [6.45, 7) is 20.7. The summed E-state index contributed by atoms with van der Waals surface area (Å²) in [6.07, 6.45) is 14.2. The predicted octanol–water partition coefficient (Wildman–Crippen LogP) is 10.6. The molecule has 0 aliphatic heterocycles. The molecule has 4 aliphatic carbocycles. The average Bonchev–Trinajstić information content (AvgIpc) is 3.59. The molecule has 0 unspecified atom stereocenters. The summed E-state index contributed by atoms with van der Waals surface area (Å²) in [7, 11) is -0.122. The topological polar surface area (TPSA) is 77.7 Å². The number of hydrogen-bond donors (Lipinski definition) is 0. The van der Waals surface area contributed by atoms with Gasteiger partial charge < -0.3 is 13.6 Å². The third-order valence-electron chi connectivity index (χ3n) is 12.9. The maximum atomic E-state index is 14.8. The molecule has 8 heteroatoms. The van der Waals surface area contributed by atoms with Crippen LogP contribution in [0.2, 0.25) is 18.1 Å². The number of rotatable bonds is 9. The van der Waals surface area contributed by atoms with Crippen molar-refractivity contribution in [3.8, 4) is 17.0 Å². The Morgan fingerprint density at radius 2 is 1.62 bits per heavy atom. The largest absolute Gasteiger partial charge is 0.496 e. The molecule has 1 amide bonds. The number of amides is 1. The van der Waals surface area contributed by atoms with E-state index in [1.54, 1.807) is 13.4 Å². The zero-order chi connectivity index (χ0) is 36.1. The molecule has 0 atom stereocenters. The molecular weight excluding hydrogens is 639 g/mol. The molecule has 4 aliphatic rings. The van der Waals surface area contributed by atoms with Crippen LogP contribution < -0.4 is 9.64 Å². The molecular formula is C42H61N3O4Si. The van der Waals surface area contributed by atoms with E-state index in [1.165, 1.54) is 11.1 Å². The van der Waals surface area contributed by atoms with Gasteiger partial charge in [-0.25, -0.2) is 9.97 Å². The SMILES string of the molecule is COc1ccc(C23CCC(CN(C(=O)C4CCC(O[Si](C)(C)C(C)(C)C)CC4)c4cc(-c5coc(C(C)(C)C)n5)ccn4)(CC2)CC3)cc1C. The van der Waals surface area contributed by atoms with Crippen molar-refractivity contribution < 1.29 is 18.4 Å². The van der Waals surface area contributed by atoms with Gasteiger partial charge in [0.15, 0.2) is 14.2 Å². The molecule has 4 fully saturated rings. The highest BCUT2D eigenvalue weighted by Crippen LogP contribution is 2.58. The zero-order valence-electron chi connectivity index (χ0n) is 32.4. The Kier molecular flexibility index (Phi) is 9.96. The second kappa shape index (κ2) is 13.5. The molecule has 3 aromatic rings. The van der Waals surface area contributed by atoms with Crippen LogP contribution in [0.1, 0.15) is 123 Å². The Bertz CT molecular complexity index is 1650. The molecule has 2 bridgehead atoms. The second-order valence-corrected chi connectivity index (χ2v) is 23.2. The lowest BCUT2D eigenvalue weighted by Gasteiger charge is -2.55. The van der Waals surface area contributed by atoms with Gasteiger partial charge in [-0.3, -0.25) is 9.69 Å². The number of pyridine rings is 1. The van der Waals surface area contributed by atoms with Gasteiger partial charge in [-0.05, 0) is 129 Å². The van der Waals surface area contributed by atoms with Crippen molar-refractivity contribution in [3.63, 3.8) is 0 Å². The van der Waals surface area contributed by atoms with Gasteiger partial charge in [-0.15, -0.1) is 0 Å². The first-order chi connectivity index (χ1) is 23.4. The van der Waals surface area contributed by atoms with Crippen LogP contribution in [-0.2, 0) is 20.1 Å². The minimum Gasteiger partial charge on any atom is -0.496 e. The molecule has 50 heavy (non-hydrogen) atoms. The van der Waals surface area contributed by atoms with Crippen molar-refractivity contribution in [1.29, 1.82) is 0 Å². The Hall–Kier alpha value is -2.97. The van der Waals surface area contributed by atoms with Gasteiger partial charge in [0.25, 0.3) is 0 Å². The number of carbonyl (C=O) groups excluding carboxylic acids is 1. The van der Waals surface area contributed by atoms with Crippen molar-refractivity contribution in [2.24, 2.45) is 11.3 Å². The first-order valence-corrected chi connectivity index (χ1v) is 21.9. The number of oxazole rings is 1. The number of anilines is 1. The molecule has 2 heterocycles. The van der Waals surface area contributed by atoms with E-state index >= 15 is 0 Å². The van der Waals surface area contributed by atoms with E-state index in [0.29, 0.717) is 12.4 Å². The van der Waals surface area contributed by atoms with Gasteiger partial charge in [-0.1, -0.05) is 53.7 Å². The Labute approximate surface area is 302 Å². The maximum Gasteiger partial charge on any atom is 0.231 e. The van der Waals surface area contributed by atoms with Crippen LogP contribution in [0.25, 0.3) is 11.3 Å². The van der Waals surface area contributed by atoms with Crippen molar-refractivity contribution >= 4 is 20.0 Å². The molecule has 0 radical (unpaired) electrons. The number of fused-ring (bicyclic) bond motifs is 3. The van der Waals surface area contributed by atoms with Gasteiger partial charge in [-0.2, -0.15) is 0 Å². The number of aromatic nitrogens is 2. The Morgan fingerprint density at radius 3 is 2.18 bits per heavy atom. The number of carbonyl (C=O) groups is 1.